The molecule has 0 saturated carbocycles. The maximum absolute atomic E-state index is 5.71. The highest BCUT2D eigenvalue weighted by atomic mass is 14.5. The Kier molecular flexibility index (Phi) is 3.01. The van der Waals surface area contributed by atoms with E-state index in [0.717, 1.165) is 0 Å². The summed E-state index contributed by atoms with van der Waals surface area (Å²) in [5, 5.41) is 0. The monoisotopic (exact) mass is 191 g/mol. The molecule has 2 N–H and O–H groups in total. The molecule has 14 heavy (non-hydrogen) atoms. The average molecular weight is 191 g/mol. The maximum atomic E-state index is 5.71. The van der Waals surface area contributed by atoms with Gasteiger partial charge in [-0.05, 0) is 41.5 Å². The lowest BCUT2D eigenvalue weighted by Gasteiger charge is -2.22. The molecule has 0 atom stereocenters. The zero-order valence-electron chi connectivity index (χ0n) is 9.94. The average Bonchev–Trinajstić information content (AvgIpc) is 2.01. The summed E-state index contributed by atoms with van der Waals surface area (Å²) in [5.74, 6) is 0. The first-order valence-corrected chi connectivity index (χ1v) is 5.17. The number of benzene rings is 1. The number of rotatable bonds is 1. The molecule has 0 saturated heterocycles. The van der Waals surface area contributed by atoms with Gasteiger partial charge in [0.05, 0.1) is 0 Å². The molecule has 1 heteroatoms. The molecule has 0 heterocycles. The van der Waals surface area contributed by atoms with Gasteiger partial charge in [-0.25, -0.2) is 0 Å². The van der Waals surface area contributed by atoms with E-state index in [9.17, 15) is 0 Å². The third-order valence-corrected chi connectivity index (χ3v) is 2.77. The first kappa shape index (κ1) is 11.3. The summed E-state index contributed by atoms with van der Waals surface area (Å²) in [7, 11) is 0. The Hall–Kier alpha value is -0.820. The van der Waals surface area contributed by atoms with Crippen molar-refractivity contribution >= 4 is 0 Å². The predicted molar refractivity (Wildman–Crippen MR) is 62.5 cm³/mol. The van der Waals surface area contributed by atoms with Gasteiger partial charge in [0.25, 0.3) is 0 Å². The number of hydrogen-bond donors (Lipinski definition) is 1. The number of nitrogens with two attached hydrogens (primary N) is 1. The van der Waals surface area contributed by atoms with Crippen molar-refractivity contribution in [1.29, 1.82) is 0 Å². The van der Waals surface area contributed by atoms with Crippen LogP contribution in [0.1, 0.15) is 43.0 Å². The Morgan fingerprint density at radius 3 is 1.79 bits per heavy atom. The molecule has 0 fully saturated rings. The van der Waals surface area contributed by atoms with Gasteiger partial charge in [-0.2, -0.15) is 0 Å². The SMILES string of the molecule is Cc1cc(C(C)(C)C)cc(C)c1CN. The van der Waals surface area contributed by atoms with Gasteiger partial charge in [-0.3, -0.25) is 0 Å². The molecule has 0 aliphatic heterocycles. The van der Waals surface area contributed by atoms with Crippen molar-refractivity contribution in [3.8, 4) is 0 Å². The second-order valence-electron chi connectivity index (χ2n) is 5.04. The minimum absolute atomic E-state index is 0.225. The normalized spacial score (nSPS) is 11.9. The summed E-state index contributed by atoms with van der Waals surface area (Å²) < 4.78 is 0. The van der Waals surface area contributed by atoms with Crippen LogP contribution in [0.3, 0.4) is 0 Å². The van der Waals surface area contributed by atoms with Crippen LogP contribution in [0.25, 0.3) is 0 Å². The highest BCUT2D eigenvalue weighted by Crippen LogP contribution is 2.26. The van der Waals surface area contributed by atoms with Gasteiger partial charge in [0.15, 0.2) is 0 Å². The van der Waals surface area contributed by atoms with Gasteiger partial charge in [0.1, 0.15) is 0 Å². The Morgan fingerprint density at radius 1 is 1.07 bits per heavy atom. The molecule has 78 valence electrons. The van der Waals surface area contributed by atoms with Crippen molar-refractivity contribution in [2.45, 2.75) is 46.6 Å². The van der Waals surface area contributed by atoms with Crippen LogP contribution < -0.4 is 5.73 Å². The fraction of sp³-hybridized carbons (Fsp3) is 0.538. The molecular formula is C13H21N. The molecular weight excluding hydrogens is 170 g/mol. The quantitative estimate of drug-likeness (QED) is 0.725. The minimum Gasteiger partial charge on any atom is -0.326 e. The van der Waals surface area contributed by atoms with Crippen molar-refractivity contribution in [3.05, 3.63) is 34.4 Å². The number of hydrogen-bond acceptors (Lipinski definition) is 1. The van der Waals surface area contributed by atoms with Crippen molar-refractivity contribution in [3.63, 3.8) is 0 Å². The summed E-state index contributed by atoms with van der Waals surface area (Å²) in [6.07, 6.45) is 0. The fourth-order valence-electron chi connectivity index (χ4n) is 1.75. The smallest absolute Gasteiger partial charge is 0.0183 e. The molecule has 0 aromatic heterocycles. The van der Waals surface area contributed by atoms with Crippen LogP contribution in [-0.2, 0) is 12.0 Å². The molecule has 0 amide bonds. The molecule has 0 bridgehead atoms. The molecule has 0 aliphatic carbocycles. The lowest BCUT2D eigenvalue weighted by Crippen LogP contribution is -2.13. The zero-order chi connectivity index (χ0) is 10.9. The van der Waals surface area contributed by atoms with Crippen LogP contribution in [0.2, 0.25) is 0 Å². The molecule has 0 aliphatic rings. The van der Waals surface area contributed by atoms with Crippen LogP contribution in [0.15, 0.2) is 12.1 Å². The lowest BCUT2D eigenvalue weighted by molar-refractivity contribution is 0.588. The van der Waals surface area contributed by atoms with Crippen molar-refractivity contribution in [1.82, 2.24) is 0 Å². The standard InChI is InChI=1S/C13H21N/c1-9-6-11(13(3,4)5)7-10(2)12(9)8-14/h6-7H,8,14H2,1-5H3. The van der Waals surface area contributed by atoms with E-state index < -0.39 is 0 Å². The van der Waals surface area contributed by atoms with Crippen LogP contribution in [0.5, 0.6) is 0 Å². The van der Waals surface area contributed by atoms with Crippen molar-refractivity contribution in [2.75, 3.05) is 0 Å². The molecule has 0 unspecified atom stereocenters. The topological polar surface area (TPSA) is 26.0 Å². The van der Waals surface area contributed by atoms with E-state index in [1.807, 2.05) is 0 Å². The molecule has 1 aromatic carbocycles. The van der Waals surface area contributed by atoms with Crippen molar-refractivity contribution < 1.29 is 0 Å². The van der Waals surface area contributed by atoms with Gasteiger partial charge >= 0.3 is 0 Å². The summed E-state index contributed by atoms with van der Waals surface area (Å²) in [6, 6.07) is 4.52. The Bertz CT molecular complexity index is 309. The van der Waals surface area contributed by atoms with Gasteiger partial charge in [-0.15, -0.1) is 0 Å². The van der Waals surface area contributed by atoms with Gasteiger partial charge in [-0.1, -0.05) is 32.9 Å². The van der Waals surface area contributed by atoms with E-state index in [2.05, 4.69) is 46.8 Å². The Labute approximate surface area is 87.3 Å². The van der Waals surface area contributed by atoms with Crippen LogP contribution >= 0.6 is 0 Å². The molecule has 1 rings (SSSR count). The maximum Gasteiger partial charge on any atom is 0.0183 e. The van der Waals surface area contributed by atoms with Crippen LogP contribution in [0, 0.1) is 13.8 Å². The third-order valence-electron chi connectivity index (χ3n) is 2.77. The van der Waals surface area contributed by atoms with Gasteiger partial charge < -0.3 is 5.73 Å². The van der Waals surface area contributed by atoms with Crippen molar-refractivity contribution in [2.24, 2.45) is 5.73 Å². The Morgan fingerprint density at radius 2 is 1.50 bits per heavy atom. The lowest BCUT2D eigenvalue weighted by atomic mass is 9.84. The largest absolute Gasteiger partial charge is 0.326 e. The van der Waals surface area contributed by atoms with Crippen LogP contribution in [-0.4, -0.2) is 0 Å². The molecule has 1 aromatic rings. The fourth-order valence-corrected chi connectivity index (χ4v) is 1.75. The van der Waals surface area contributed by atoms with E-state index in [1.54, 1.807) is 0 Å². The minimum atomic E-state index is 0.225. The van der Waals surface area contributed by atoms with Gasteiger partial charge in [0.2, 0.25) is 0 Å². The Balaban J connectivity index is 3.28. The second kappa shape index (κ2) is 3.74. The number of aryl methyl sites for hydroxylation is 2. The second-order valence-corrected chi connectivity index (χ2v) is 5.04. The van der Waals surface area contributed by atoms with E-state index in [4.69, 9.17) is 5.73 Å². The van der Waals surface area contributed by atoms with E-state index >= 15 is 0 Å². The first-order valence-electron chi connectivity index (χ1n) is 5.17. The van der Waals surface area contributed by atoms with Gasteiger partial charge in [0, 0.05) is 6.54 Å². The highest BCUT2D eigenvalue weighted by Gasteiger charge is 2.15. The zero-order valence-corrected chi connectivity index (χ0v) is 9.94. The van der Waals surface area contributed by atoms with E-state index in [1.165, 1.54) is 22.3 Å². The molecule has 0 spiro atoms. The molecule has 1 nitrogen and oxygen atoms in total. The highest BCUT2D eigenvalue weighted by molar-refractivity contribution is 5.40. The molecule has 0 radical (unpaired) electrons. The van der Waals surface area contributed by atoms with E-state index in [-0.39, 0.29) is 5.41 Å². The third kappa shape index (κ3) is 2.16. The summed E-state index contributed by atoms with van der Waals surface area (Å²) in [4.78, 5) is 0. The predicted octanol–water partition coefficient (Wildman–Crippen LogP) is 3.06. The first-order chi connectivity index (χ1) is 6.36. The van der Waals surface area contributed by atoms with Crippen LogP contribution in [0.4, 0.5) is 0 Å². The van der Waals surface area contributed by atoms with E-state index in [0.29, 0.717) is 6.54 Å². The summed E-state index contributed by atoms with van der Waals surface area (Å²) in [6.45, 7) is 11.6. The summed E-state index contributed by atoms with van der Waals surface area (Å²) >= 11 is 0. The summed E-state index contributed by atoms with van der Waals surface area (Å²) in [5.41, 5.74) is 11.3.